The average Bonchev–Trinajstić information content (AvgIpc) is 2.93. The second-order valence-corrected chi connectivity index (χ2v) is 5.23. The molecule has 1 amide bonds. The topological polar surface area (TPSA) is 32.8 Å². The highest BCUT2D eigenvalue weighted by Gasteiger charge is 2.37. The number of methoxy groups -OCH3 is 1. The molecule has 0 saturated carbocycles. The molecule has 0 aromatic heterocycles. The Hall–Kier alpha value is -0.610. The molecule has 4 nitrogen and oxygen atoms in total. The summed E-state index contributed by atoms with van der Waals surface area (Å²) in [6, 6.07) is 1.04. The zero-order chi connectivity index (χ0) is 12.3. The molecule has 0 spiro atoms. The third-order valence-corrected chi connectivity index (χ3v) is 4.16. The van der Waals surface area contributed by atoms with Crippen molar-refractivity contribution in [1.29, 1.82) is 0 Å². The predicted octanol–water partition coefficient (Wildman–Crippen LogP) is 1.11. The second kappa shape index (κ2) is 5.83. The van der Waals surface area contributed by atoms with Crippen molar-refractivity contribution in [2.24, 2.45) is 0 Å². The Labute approximate surface area is 104 Å². The molecule has 2 aliphatic rings. The monoisotopic (exact) mass is 240 g/mol. The number of likely N-dealkylation sites (tertiary alicyclic amines) is 2. The zero-order valence-electron chi connectivity index (χ0n) is 11.0. The van der Waals surface area contributed by atoms with Crippen molar-refractivity contribution in [2.45, 2.75) is 44.2 Å². The van der Waals surface area contributed by atoms with Gasteiger partial charge in [0.2, 0.25) is 5.91 Å². The summed E-state index contributed by atoms with van der Waals surface area (Å²) in [7, 11) is 3.84. The third-order valence-electron chi connectivity index (χ3n) is 4.16. The molecular formula is C13H24N2O2. The molecule has 2 aliphatic heterocycles. The van der Waals surface area contributed by atoms with Crippen LogP contribution in [0.15, 0.2) is 0 Å². The first-order chi connectivity index (χ1) is 8.24. The van der Waals surface area contributed by atoms with Gasteiger partial charge in [-0.3, -0.25) is 4.79 Å². The van der Waals surface area contributed by atoms with E-state index in [-0.39, 0.29) is 5.91 Å². The number of ether oxygens (including phenoxy) is 1. The van der Waals surface area contributed by atoms with Crippen molar-refractivity contribution in [3.05, 3.63) is 0 Å². The first-order valence-electron chi connectivity index (χ1n) is 6.72. The molecule has 2 saturated heterocycles. The van der Waals surface area contributed by atoms with Crippen LogP contribution in [0.4, 0.5) is 0 Å². The first-order valence-corrected chi connectivity index (χ1v) is 6.72. The van der Waals surface area contributed by atoms with Gasteiger partial charge in [-0.2, -0.15) is 0 Å². The van der Waals surface area contributed by atoms with Gasteiger partial charge in [-0.15, -0.1) is 0 Å². The lowest BCUT2D eigenvalue weighted by Gasteiger charge is -2.33. The Balaban J connectivity index is 1.94. The number of likely N-dealkylation sites (N-methyl/N-ethyl adjacent to an activating group) is 1. The lowest BCUT2D eigenvalue weighted by molar-refractivity contribution is -0.133. The molecule has 2 rings (SSSR count). The van der Waals surface area contributed by atoms with E-state index in [0.717, 1.165) is 13.0 Å². The van der Waals surface area contributed by atoms with Crippen molar-refractivity contribution in [2.75, 3.05) is 33.9 Å². The van der Waals surface area contributed by atoms with Crippen molar-refractivity contribution in [3.63, 3.8) is 0 Å². The van der Waals surface area contributed by atoms with Crippen LogP contribution in [-0.4, -0.2) is 61.6 Å². The van der Waals surface area contributed by atoms with E-state index in [1.165, 1.54) is 25.8 Å². The number of hydrogen-bond donors (Lipinski definition) is 0. The van der Waals surface area contributed by atoms with Crippen LogP contribution in [-0.2, 0) is 9.53 Å². The normalized spacial score (nSPS) is 30.1. The van der Waals surface area contributed by atoms with Crippen LogP contribution in [0.5, 0.6) is 0 Å². The summed E-state index contributed by atoms with van der Waals surface area (Å²) in [6.07, 6.45) is 5.39. The molecule has 0 N–H and O–H groups in total. The SMILES string of the molecule is COCCC(=O)N1CCCC1C1CCCN1C. The van der Waals surface area contributed by atoms with E-state index in [1.54, 1.807) is 7.11 Å². The lowest BCUT2D eigenvalue weighted by atomic mass is 10.0. The van der Waals surface area contributed by atoms with Crippen LogP contribution < -0.4 is 0 Å². The lowest BCUT2D eigenvalue weighted by Crippen LogP contribution is -2.47. The Morgan fingerprint density at radius 3 is 2.59 bits per heavy atom. The van der Waals surface area contributed by atoms with Gasteiger partial charge in [0.25, 0.3) is 0 Å². The summed E-state index contributed by atoms with van der Waals surface area (Å²) in [5, 5.41) is 0. The molecule has 0 bridgehead atoms. The van der Waals surface area contributed by atoms with Crippen LogP contribution in [0, 0.1) is 0 Å². The molecule has 0 aromatic rings. The summed E-state index contributed by atoms with van der Waals surface area (Å²) in [6.45, 7) is 2.67. The minimum Gasteiger partial charge on any atom is -0.384 e. The van der Waals surface area contributed by atoms with Gasteiger partial charge in [-0.05, 0) is 39.3 Å². The number of carbonyl (C=O) groups is 1. The first kappa shape index (κ1) is 12.8. The van der Waals surface area contributed by atoms with E-state index in [0.29, 0.717) is 25.1 Å². The third kappa shape index (κ3) is 2.80. The Morgan fingerprint density at radius 1 is 1.24 bits per heavy atom. The molecule has 2 heterocycles. The summed E-state index contributed by atoms with van der Waals surface area (Å²) in [4.78, 5) is 16.6. The van der Waals surface area contributed by atoms with Crippen molar-refractivity contribution < 1.29 is 9.53 Å². The van der Waals surface area contributed by atoms with Crippen LogP contribution in [0.2, 0.25) is 0 Å². The minimum atomic E-state index is 0.273. The van der Waals surface area contributed by atoms with Gasteiger partial charge in [0.1, 0.15) is 0 Å². The minimum absolute atomic E-state index is 0.273. The fourth-order valence-corrected chi connectivity index (χ4v) is 3.26. The van der Waals surface area contributed by atoms with Gasteiger partial charge in [-0.1, -0.05) is 0 Å². The summed E-state index contributed by atoms with van der Waals surface area (Å²) < 4.78 is 5.00. The van der Waals surface area contributed by atoms with E-state index in [4.69, 9.17) is 4.74 Å². The van der Waals surface area contributed by atoms with Gasteiger partial charge >= 0.3 is 0 Å². The number of hydrogen-bond acceptors (Lipinski definition) is 3. The molecule has 0 aromatic carbocycles. The fourth-order valence-electron chi connectivity index (χ4n) is 3.26. The van der Waals surface area contributed by atoms with Gasteiger partial charge < -0.3 is 14.5 Å². The van der Waals surface area contributed by atoms with Crippen LogP contribution in [0.25, 0.3) is 0 Å². The summed E-state index contributed by atoms with van der Waals surface area (Å²) in [5.74, 6) is 0.273. The van der Waals surface area contributed by atoms with Crippen LogP contribution in [0.3, 0.4) is 0 Å². The van der Waals surface area contributed by atoms with E-state index in [1.807, 2.05) is 0 Å². The van der Waals surface area contributed by atoms with E-state index < -0.39 is 0 Å². The molecule has 98 valence electrons. The molecule has 0 radical (unpaired) electrons. The highest BCUT2D eigenvalue weighted by atomic mass is 16.5. The molecule has 17 heavy (non-hydrogen) atoms. The molecule has 2 atom stereocenters. The second-order valence-electron chi connectivity index (χ2n) is 5.23. The van der Waals surface area contributed by atoms with E-state index >= 15 is 0 Å². The largest absolute Gasteiger partial charge is 0.384 e. The quantitative estimate of drug-likeness (QED) is 0.738. The maximum atomic E-state index is 12.1. The number of carbonyl (C=O) groups excluding carboxylic acids is 1. The molecular weight excluding hydrogens is 216 g/mol. The molecule has 0 aliphatic carbocycles. The van der Waals surface area contributed by atoms with Crippen LogP contribution >= 0.6 is 0 Å². The fraction of sp³-hybridized carbons (Fsp3) is 0.923. The van der Waals surface area contributed by atoms with Crippen molar-refractivity contribution in [3.8, 4) is 0 Å². The number of nitrogens with zero attached hydrogens (tertiary/aromatic N) is 2. The van der Waals surface area contributed by atoms with Gasteiger partial charge in [0, 0.05) is 25.7 Å². The Morgan fingerprint density at radius 2 is 1.94 bits per heavy atom. The molecule has 2 unspecified atom stereocenters. The van der Waals surface area contributed by atoms with Gasteiger partial charge in [0.05, 0.1) is 13.0 Å². The van der Waals surface area contributed by atoms with Crippen LogP contribution in [0.1, 0.15) is 32.1 Å². The Kier molecular flexibility index (Phi) is 4.40. The zero-order valence-corrected chi connectivity index (χ0v) is 11.0. The Bertz CT molecular complexity index is 270. The van der Waals surface area contributed by atoms with E-state index in [9.17, 15) is 4.79 Å². The van der Waals surface area contributed by atoms with Crippen molar-refractivity contribution >= 4 is 5.91 Å². The smallest absolute Gasteiger partial charge is 0.225 e. The predicted molar refractivity (Wildman–Crippen MR) is 66.9 cm³/mol. The molecule has 2 fully saturated rings. The summed E-state index contributed by atoms with van der Waals surface area (Å²) >= 11 is 0. The number of rotatable bonds is 4. The van der Waals surface area contributed by atoms with E-state index in [2.05, 4.69) is 16.8 Å². The maximum Gasteiger partial charge on any atom is 0.225 e. The van der Waals surface area contributed by atoms with Gasteiger partial charge in [0.15, 0.2) is 0 Å². The van der Waals surface area contributed by atoms with Crippen molar-refractivity contribution in [1.82, 2.24) is 9.80 Å². The highest BCUT2D eigenvalue weighted by molar-refractivity contribution is 5.77. The maximum absolute atomic E-state index is 12.1. The molecule has 4 heteroatoms. The average molecular weight is 240 g/mol. The van der Waals surface area contributed by atoms with Gasteiger partial charge in [-0.25, -0.2) is 0 Å². The standard InChI is InChI=1S/C13H24N2O2/c1-14-8-3-5-11(14)12-6-4-9-15(12)13(16)7-10-17-2/h11-12H,3-10H2,1-2H3. The number of amides is 1. The summed E-state index contributed by atoms with van der Waals surface area (Å²) in [5.41, 5.74) is 0. The highest BCUT2D eigenvalue weighted by Crippen LogP contribution is 2.29.